The van der Waals surface area contributed by atoms with E-state index in [9.17, 15) is 5.11 Å². The second-order valence-electron chi connectivity index (χ2n) is 5.61. The smallest absolute Gasteiger partial charge is 0.145 e. The fourth-order valence-corrected chi connectivity index (χ4v) is 3.18. The molecule has 0 aromatic heterocycles. The summed E-state index contributed by atoms with van der Waals surface area (Å²) in [5.41, 5.74) is 0.772. The lowest BCUT2D eigenvalue weighted by atomic mass is 10.00. The molecule has 1 aliphatic carbocycles. The number of methoxy groups -OCH3 is 2. The molecule has 2 N–H and O–H groups in total. The summed E-state index contributed by atoms with van der Waals surface area (Å²) in [5.74, 6) is 1.90. The number of ether oxygens (including phenoxy) is 2. The molecule has 0 saturated heterocycles. The largest absolute Gasteiger partial charge is 0.495 e. The normalized spacial score (nSPS) is 16.8. The van der Waals surface area contributed by atoms with Crippen molar-refractivity contribution in [3.8, 4) is 11.5 Å². The molecule has 0 bridgehead atoms. The summed E-state index contributed by atoms with van der Waals surface area (Å²) in [6, 6.07) is 3.51. The number of hydrogen-bond acceptors (Lipinski definition) is 4. The minimum Gasteiger partial charge on any atom is -0.495 e. The van der Waals surface area contributed by atoms with Gasteiger partial charge < -0.3 is 19.9 Å². The van der Waals surface area contributed by atoms with Gasteiger partial charge in [-0.05, 0) is 18.4 Å². The minimum atomic E-state index is -0.348. The van der Waals surface area contributed by atoms with E-state index in [-0.39, 0.29) is 6.10 Å². The molecule has 118 valence electrons. The van der Waals surface area contributed by atoms with Crippen molar-refractivity contribution in [2.24, 2.45) is 5.92 Å². The van der Waals surface area contributed by atoms with Crippen molar-refractivity contribution in [3.05, 3.63) is 17.2 Å². The first kappa shape index (κ1) is 16.2. The topological polar surface area (TPSA) is 50.7 Å². The van der Waals surface area contributed by atoms with Crippen LogP contribution in [0.15, 0.2) is 12.1 Å². The molecule has 0 heterocycles. The van der Waals surface area contributed by atoms with E-state index in [0.29, 0.717) is 29.0 Å². The predicted octanol–water partition coefficient (Wildman–Crippen LogP) is 3.71. The second-order valence-corrected chi connectivity index (χ2v) is 6.02. The fourth-order valence-electron chi connectivity index (χ4n) is 2.94. The minimum absolute atomic E-state index is 0.348. The molecule has 1 aromatic carbocycles. The van der Waals surface area contributed by atoms with Crippen molar-refractivity contribution >= 4 is 17.3 Å². The average Bonchev–Trinajstić information content (AvgIpc) is 2.98. The predicted molar refractivity (Wildman–Crippen MR) is 85.6 cm³/mol. The number of hydrogen-bond donors (Lipinski definition) is 2. The Balaban J connectivity index is 1.93. The van der Waals surface area contributed by atoms with Crippen LogP contribution in [0.25, 0.3) is 0 Å². The van der Waals surface area contributed by atoms with Gasteiger partial charge in [-0.1, -0.05) is 37.3 Å². The summed E-state index contributed by atoms with van der Waals surface area (Å²) in [4.78, 5) is 0. The quantitative estimate of drug-likeness (QED) is 0.805. The molecule has 1 fully saturated rings. The van der Waals surface area contributed by atoms with Gasteiger partial charge in [0.1, 0.15) is 11.5 Å². The summed E-state index contributed by atoms with van der Waals surface area (Å²) in [6.07, 6.45) is 5.60. The molecule has 1 aliphatic rings. The van der Waals surface area contributed by atoms with Gasteiger partial charge in [0.2, 0.25) is 0 Å². The molecule has 0 aliphatic heterocycles. The molecular weight excluding hydrogens is 290 g/mol. The molecule has 1 unspecified atom stereocenters. The Morgan fingerprint density at radius 3 is 2.52 bits per heavy atom. The lowest BCUT2D eigenvalue weighted by Crippen LogP contribution is -2.22. The lowest BCUT2D eigenvalue weighted by Gasteiger charge is -2.18. The number of halogens is 1. The second kappa shape index (κ2) is 7.76. The molecule has 4 nitrogen and oxygen atoms in total. The zero-order valence-electron chi connectivity index (χ0n) is 12.7. The zero-order valence-corrected chi connectivity index (χ0v) is 13.4. The highest BCUT2D eigenvalue weighted by atomic mass is 35.5. The highest BCUT2D eigenvalue weighted by molar-refractivity contribution is 6.32. The maximum Gasteiger partial charge on any atom is 0.145 e. The van der Waals surface area contributed by atoms with Crippen molar-refractivity contribution in [2.75, 3.05) is 26.1 Å². The third kappa shape index (κ3) is 4.42. The van der Waals surface area contributed by atoms with Gasteiger partial charge in [0.05, 0.1) is 31.0 Å². The van der Waals surface area contributed by atoms with E-state index in [2.05, 4.69) is 5.32 Å². The number of benzene rings is 1. The summed E-state index contributed by atoms with van der Waals surface area (Å²) in [5, 5.41) is 13.9. The van der Waals surface area contributed by atoms with Crippen LogP contribution in [0.4, 0.5) is 5.69 Å². The molecule has 2 rings (SSSR count). The SMILES string of the molecule is COc1cc(OC)c(NCC(O)CC2CCCC2)cc1Cl. The Labute approximate surface area is 131 Å². The van der Waals surface area contributed by atoms with Crippen LogP contribution in [0.1, 0.15) is 32.1 Å². The Bertz CT molecular complexity index is 461. The highest BCUT2D eigenvalue weighted by Crippen LogP contribution is 2.36. The molecular formula is C16H24ClNO3. The summed E-state index contributed by atoms with van der Waals surface area (Å²) in [7, 11) is 3.17. The van der Waals surface area contributed by atoms with E-state index < -0.39 is 0 Å². The number of aliphatic hydroxyl groups excluding tert-OH is 1. The first-order chi connectivity index (χ1) is 10.1. The van der Waals surface area contributed by atoms with E-state index in [1.807, 2.05) is 0 Å². The first-order valence-corrected chi connectivity index (χ1v) is 7.85. The number of rotatable bonds is 7. The molecule has 0 amide bonds. The molecule has 1 atom stereocenters. The Hall–Kier alpha value is -1.13. The molecule has 0 radical (unpaired) electrons. The standard InChI is InChI=1S/C16H24ClNO3/c1-20-15-9-16(21-2)14(8-13(15)17)18-10-12(19)7-11-5-3-4-6-11/h8-9,11-12,18-19H,3-7,10H2,1-2H3. The maximum absolute atomic E-state index is 10.1. The molecule has 0 spiro atoms. The van der Waals surface area contributed by atoms with Gasteiger partial charge in [0, 0.05) is 12.6 Å². The van der Waals surface area contributed by atoms with E-state index in [4.69, 9.17) is 21.1 Å². The Kier molecular flexibility index (Phi) is 6.00. The number of anilines is 1. The van der Waals surface area contributed by atoms with Crippen molar-refractivity contribution in [1.82, 2.24) is 0 Å². The third-order valence-corrected chi connectivity index (χ3v) is 4.38. The molecule has 1 aromatic rings. The fraction of sp³-hybridized carbons (Fsp3) is 0.625. The van der Waals surface area contributed by atoms with Crippen LogP contribution in [0.3, 0.4) is 0 Å². The van der Waals surface area contributed by atoms with Crippen molar-refractivity contribution in [3.63, 3.8) is 0 Å². The summed E-state index contributed by atoms with van der Waals surface area (Å²) in [6.45, 7) is 0.496. The van der Waals surface area contributed by atoms with Crippen molar-refractivity contribution < 1.29 is 14.6 Å². The van der Waals surface area contributed by atoms with Crippen molar-refractivity contribution in [1.29, 1.82) is 0 Å². The van der Waals surface area contributed by atoms with Crippen molar-refractivity contribution in [2.45, 2.75) is 38.2 Å². The van der Waals surface area contributed by atoms with Gasteiger partial charge in [-0.15, -0.1) is 0 Å². The van der Waals surface area contributed by atoms with Crippen LogP contribution in [0.2, 0.25) is 5.02 Å². The van der Waals surface area contributed by atoms with Crippen LogP contribution in [-0.2, 0) is 0 Å². The zero-order chi connectivity index (χ0) is 15.2. The van der Waals surface area contributed by atoms with E-state index in [1.54, 1.807) is 26.4 Å². The van der Waals surface area contributed by atoms with Gasteiger partial charge in [-0.3, -0.25) is 0 Å². The van der Waals surface area contributed by atoms with Gasteiger partial charge >= 0.3 is 0 Å². The Morgan fingerprint density at radius 2 is 1.90 bits per heavy atom. The number of nitrogens with one attached hydrogen (secondary N) is 1. The monoisotopic (exact) mass is 313 g/mol. The Morgan fingerprint density at radius 1 is 1.24 bits per heavy atom. The van der Waals surface area contributed by atoms with Gasteiger partial charge in [-0.25, -0.2) is 0 Å². The average molecular weight is 314 g/mol. The molecule has 21 heavy (non-hydrogen) atoms. The third-order valence-electron chi connectivity index (χ3n) is 4.08. The van der Waals surface area contributed by atoms with E-state index in [1.165, 1.54) is 25.7 Å². The van der Waals surface area contributed by atoms with E-state index in [0.717, 1.165) is 12.1 Å². The summed E-state index contributed by atoms with van der Waals surface area (Å²) >= 11 is 6.13. The summed E-state index contributed by atoms with van der Waals surface area (Å²) < 4.78 is 10.5. The van der Waals surface area contributed by atoms with E-state index >= 15 is 0 Å². The van der Waals surface area contributed by atoms with Gasteiger partial charge in [0.25, 0.3) is 0 Å². The number of aliphatic hydroxyl groups is 1. The van der Waals surface area contributed by atoms with Crippen LogP contribution in [0.5, 0.6) is 11.5 Å². The molecule has 5 heteroatoms. The molecule has 1 saturated carbocycles. The first-order valence-electron chi connectivity index (χ1n) is 7.47. The van der Waals surface area contributed by atoms with Crippen LogP contribution in [0, 0.1) is 5.92 Å². The van der Waals surface area contributed by atoms with Crippen LogP contribution in [-0.4, -0.2) is 32.0 Å². The van der Waals surface area contributed by atoms with Crippen LogP contribution < -0.4 is 14.8 Å². The lowest BCUT2D eigenvalue weighted by molar-refractivity contribution is 0.155. The van der Waals surface area contributed by atoms with Crippen LogP contribution >= 0.6 is 11.6 Å². The maximum atomic E-state index is 10.1. The van der Waals surface area contributed by atoms with Gasteiger partial charge in [0.15, 0.2) is 0 Å². The van der Waals surface area contributed by atoms with Gasteiger partial charge in [-0.2, -0.15) is 0 Å². The highest BCUT2D eigenvalue weighted by Gasteiger charge is 2.19.